The number of benzene rings is 1. The molecule has 1 saturated carbocycles. The minimum Gasteiger partial charge on any atom is -0.368 e. The molecule has 0 amide bonds. The van der Waals surface area contributed by atoms with Gasteiger partial charge in [-0.2, -0.15) is 9.97 Å². The van der Waals surface area contributed by atoms with Crippen molar-refractivity contribution in [3.05, 3.63) is 47.3 Å². The van der Waals surface area contributed by atoms with E-state index in [0.717, 1.165) is 24.2 Å². The molecule has 3 rings (SSSR count). The number of halogens is 1. The summed E-state index contributed by atoms with van der Waals surface area (Å²) in [5.41, 5.74) is 6.51. The van der Waals surface area contributed by atoms with Crippen LogP contribution in [0.15, 0.2) is 24.3 Å². The topological polar surface area (TPSA) is 64.7 Å². The lowest BCUT2D eigenvalue weighted by molar-refractivity contribution is 0.625. The Labute approximate surface area is 104 Å². The standard InChI is InChI=1S/C13H13FN4/c14-10-3-1-2-8(6-10)7-11-16-12(9-4-5-9)18-13(15)17-11/h1-3,6,9H,4-5,7H2,(H2,15,16,17,18). The number of hydrogen-bond acceptors (Lipinski definition) is 4. The van der Waals surface area contributed by atoms with E-state index < -0.39 is 0 Å². The van der Waals surface area contributed by atoms with Crippen LogP contribution in [0, 0.1) is 5.82 Å². The third-order valence-electron chi connectivity index (χ3n) is 2.91. The van der Waals surface area contributed by atoms with Crippen molar-refractivity contribution in [1.29, 1.82) is 0 Å². The molecule has 2 aromatic rings. The highest BCUT2D eigenvalue weighted by Gasteiger charge is 2.27. The second-order valence-electron chi connectivity index (χ2n) is 4.55. The molecule has 1 heterocycles. The van der Waals surface area contributed by atoms with Crippen molar-refractivity contribution in [3.8, 4) is 0 Å². The molecule has 0 aliphatic heterocycles. The van der Waals surface area contributed by atoms with Gasteiger partial charge in [0.05, 0.1) is 0 Å². The minimum atomic E-state index is -0.253. The number of anilines is 1. The smallest absolute Gasteiger partial charge is 0.223 e. The van der Waals surface area contributed by atoms with Gasteiger partial charge in [-0.15, -0.1) is 0 Å². The number of aromatic nitrogens is 3. The summed E-state index contributed by atoms with van der Waals surface area (Å²) in [6.45, 7) is 0. The molecule has 0 bridgehead atoms. The number of nitrogens with zero attached hydrogens (tertiary/aromatic N) is 3. The van der Waals surface area contributed by atoms with Crippen LogP contribution in [-0.2, 0) is 6.42 Å². The van der Waals surface area contributed by atoms with Gasteiger partial charge in [-0.3, -0.25) is 0 Å². The fourth-order valence-corrected chi connectivity index (χ4v) is 1.89. The zero-order valence-electron chi connectivity index (χ0n) is 9.81. The monoisotopic (exact) mass is 244 g/mol. The summed E-state index contributed by atoms with van der Waals surface area (Å²) >= 11 is 0. The van der Waals surface area contributed by atoms with Crippen LogP contribution in [0.5, 0.6) is 0 Å². The molecule has 0 saturated heterocycles. The molecule has 1 fully saturated rings. The maximum absolute atomic E-state index is 13.1. The van der Waals surface area contributed by atoms with E-state index in [9.17, 15) is 4.39 Å². The first-order chi connectivity index (χ1) is 8.70. The van der Waals surface area contributed by atoms with Crippen molar-refractivity contribution in [3.63, 3.8) is 0 Å². The molecule has 92 valence electrons. The highest BCUT2D eigenvalue weighted by molar-refractivity contribution is 5.24. The molecule has 4 nitrogen and oxygen atoms in total. The molecule has 1 aliphatic rings. The van der Waals surface area contributed by atoms with Gasteiger partial charge in [-0.05, 0) is 30.5 Å². The number of nitrogens with two attached hydrogens (primary N) is 1. The van der Waals surface area contributed by atoms with Crippen LogP contribution in [0.2, 0.25) is 0 Å². The van der Waals surface area contributed by atoms with E-state index in [0.29, 0.717) is 18.2 Å². The summed E-state index contributed by atoms with van der Waals surface area (Å²) in [6.07, 6.45) is 2.70. The van der Waals surface area contributed by atoms with E-state index in [-0.39, 0.29) is 11.8 Å². The quantitative estimate of drug-likeness (QED) is 0.897. The summed E-state index contributed by atoms with van der Waals surface area (Å²) in [4.78, 5) is 12.6. The van der Waals surface area contributed by atoms with E-state index >= 15 is 0 Å². The maximum Gasteiger partial charge on any atom is 0.223 e. The van der Waals surface area contributed by atoms with Gasteiger partial charge in [0.1, 0.15) is 17.5 Å². The van der Waals surface area contributed by atoms with Gasteiger partial charge in [-0.25, -0.2) is 9.37 Å². The number of rotatable bonds is 3. The summed E-state index contributed by atoms with van der Waals surface area (Å²) in [6, 6.07) is 6.43. The lowest BCUT2D eigenvalue weighted by Gasteiger charge is -2.04. The van der Waals surface area contributed by atoms with Crippen LogP contribution in [0.3, 0.4) is 0 Å². The molecule has 18 heavy (non-hydrogen) atoms. The molecule has 5 heteroatoms. The van der Waals surface area contributed by atoms with Gasteiger partial charge in [0.15, 0.2) is 0 Å². The van der Waals surface area contributed by atoms with Crippen molar-refractivity contribution < 1.29 is 4.39 Å². The van der Waals surface area contributed by atoms with Gasteiger partial charge in [0.25, 0.3) is 0 Å². The van der Waals surface area contributed by atoms with E-state index in [1.807, 2.05) is 6.07 Å². The third-order valence-corrected chi connectivity index (χ3v) is 2.91. The van der Waals surface area contributed by atoms with Crippen molar-refractivity contribution in [2.75, 3.05) is 5.73 Å². The minimum absolute atomic E-state index is 0.248. The van der Waals surface area contributed by atoms with Crippen molar-refractivity contribution >= 4 is 5.95 Å². The maximum atomic E-state index is 13.1. The average Bonchev–Trinajstić information content (AvgIpc) is 3.11. The summed E-state index contributed by atoms with van der Waals surface area (Å²) < 4.78 is 13.1. The van der Waals surface area contributed by atoms with E-state index in [1.54, 1.807) is 6.07 Å². The van der Waals surface area contributed by atoms with Gasteiger partial charge >= 0.3 is 0 Å². The first-order valence-corrected chi connectivity index (χ1v) is 5.95. The summed E-state index contributed by atoms with van der Waals surface area (Å²) in [5, 5.41) is 0. The van der Waals surface area contributed by atoms with Crippen LogP contribution in [0.25, 0.3) is 0 Å². The van der Waals surface area contributed by atoms with Crippen LogP contribution in [0.1, 0.15) is 36.0 Å². The SMILES string of the molecule is Nc1nc(Cc2cccc(F)c2)nc(C2CC2)n1. The summed E-state index contributed by atoms with van der Waals surface area (Å²) in [5.74, 6) is 1.81. The fourth-order valence-electron chi connectivity index (χ4n) is 1.89. The second-order valence-corrected chi connectivity index (χ2v) is 4.55. The van der Waals surface area contributed by atoms with Gasteiger partial charge < -0.3 is 5.73 Å². The van der Waals surface area contributed by atoms with Gasteiger partial charge in [0.2, 0.25) is 5.95 Å². The first-order valence-electron chi connectivity index (χ1n) is 5.95. The molecule has 0 radical (unpaired) electrons. The number of hydrogen-bond donors (Lipinski definition) is 1. The Bertz CT molecular complexity index is 581. The van der Waals surface area contributed by atoms with E-state index in [2.05, 4.69) is 15.0 Å². The predicted molar refractivity (Wildman–Crippen MR) is 65.4 cm³/mol. The van der Waals surface area contributed by atoms with Crippen LogP contribution >= 0.6 is 0 Å². The zero-order valence-corrected chi connectivity index (χ0v) is 9.81. The lowest BCUT2D eigenvalue weighted by Crippen LogP contribution is -2.07. The molecular weight excluding hydrogens is 231 g/mol. The Morgan fingerprint density at radius 1 is 1.22 bits per heavy atom. The molecule has 0 atom stereocenters. The second kappa shape index (κ2) is 4.33. The van der Waals surface area contributed by atoms with E-state index in [4.69, 9.17) is 5.73 Å². The normalized spacial score (nSPS) is 14.7. The lowest BCUT2D eigenvalue weighted by atomic mass is 10.1. The first kappa shape index (κ1) is 11.1. The Hall–Kier alpha value is -2.04. The predicted octanol–water partition coefficient (Wildman–Crippen LogP) is 2.06. The Morgan fingerprint density at radius 3 is 2.78 bits per heavy atom. The zero-order chi connectivity index (χ0) is 12.5. The molecule has 0 spiro atoms. The third kappa shape index (κ3) is 2.45. The largest absolute Gasteiger partial charge is 0.368 e. The fraction of sp³-hybridized carbons (Fsp3) is 0.308. The molecule has 1 aromatic heterocycles. The van der Waals surface area contributed by atoms with Crippen molar-refractivity contribution in [1.82, 2.24) is 15.0 Å². The molecule has 0 unspecified atom stereocenters. The highest BCUT2D eigenvalue weighted by atomic mass is 19.1. The molecular formula is C13H13FN4. The Morgan fingerprint density at radius 2 is 2.06 bits per heavy atom. The Kier molecular flexibility index (Phi) is 2.66. The van der Waals surface area contributed by atoms with Crippen LogP contribution in [-0.4, -0.2) is 15.0 Å². The highest BCUT2D eigenvalue weighted by Crippen LogP contribution is 2.38. The van der Waals surface area contributed by atoms with Crippen LogP contribution < -0.4 is 5.73 Å². The molecule has 1 aliphatic carbocycles. The van der Waals surface area contributed by atoms with E-state index in [1.165, 1.54) is 12.1 Å². The molecule has 1 aromatic carbocycles. The average molecular weight is 244 g/mol. The Balaban J connectivity index is 1.87. The van der Waals surface area contributed by atoms with Crippen LogP contribution in [0.4, 0.5) is 10.3 Å². The van der Waals surface area contributed by atoms with Gasteiger partial charge in [0, 0.05) is 12.3 Å². The van der Waals surface area contributed by atoms with Crippen molar-refractivity contribution in [2.24, 2.45) is 0 Å². The number of nitrogen functional groups attached to an aromatic ring is 1. The summed E-state index contributed by atoms with van der Waals surface area (Å²) in [7, 11) is 0. The molecule has 2 N–H and O–H groups in total. The van der Waals surface area contributed by atoms with Crippen molar-refractivity contribution in [2.45, 2.75) is 25.2 Å². The van der Waals surface area contributed by atoms with Gasteiger partial charge in [-0.1, -0.05) is 12.1 Å².